The second-order valence-corrected chi connectivity index (χ2v) is 4.06. The molecule has 0 aliphatic heterocycles. The predicted molar refractivity (Wildman–Crippen MR) is 59.9 cm³/mol. The second kappa shape index (κ2) is 6.08. The molecule has 0 aromatic carbocycles. The molecule has 0 unspecified atom stereocenters. The van der Waals surface area contributed by atoms with Crippen LogP contribution in [-0.4, -0.2) is 24.4 Å². The number of halogens is 7. The fourth-order valence-corrected chi connectivity index (χ4v) is 1.75. The molecule has 0 bridgehead atoms. The Morgan fingerprint density at radius 2 is 1.86 bits per heavy atom. The zero-order valence-electron chi connectivity index (χ0n) is 10.1. The van der Waals surface area contributed by atoms with Crippen LogP contribution in [0.1, 0.15) is 21.7 Å². The van der Waals surface area contributed by atoms with Crippen molar-refractivity contribution in [2.24, 2.45) is 0 Å². The van der Waals surface area contributed by atoms with Crippen LogP contribution >= 0.6 is 15.9 Å². The van der Waals surface area contributed by atoms with E-state index >= 15 is 0 Å². The van der Waals surface area contributed by atoms with Crippen LogP contribution in [0.5, 0.6) is 5.75 Å². The average Bonchev–Trinajstić information content (AvgIpc) is 2.34. The summed E-state index contributed by atoms with van der Waals surface area (Å²) in [5, 5.41) is -0.432. The number of esters is 1. The SMILES string of the molecule is COC(=O)c1nc(CBr)c(C(F)(F)F)cc1OC(F)(F)F. The third-order valence-electron chi connectivity index (χ3n) is 2.10. The first-order chi connectivity index (χ1) is 9.49. The van der Waals surface area contributed by atoms with Crippen LogP contribution in [0.3, 0.4) is 0 Å². The summed E-state index contributed by atoms with van der Waals surface area (Å²) in [6, 6.07) is 0.0589. The minimum absolute atomic E-state index is 0.0589. The first kappa shape index (κ1) is 17.5. The van der Waals surface area contributed by atoms with Crippen molar-refractivity contribution >= 4 is 21.9 Å². The largest absolute Gasteiger partial charge is 0.573 e. The molecule has 0 aliphatic carbocycles. The Kier molecular flexibility index (Phi) is 5.07. The molecule has 0 N–H and O–H groups in total. The highest BCUT2D eigenvalue weighted by Crippen LogP contribution is 2.37. The summed E-state index contributed by atoms with van der Waals surface area (Å²) in [7, 11) is 0.840. The van der Waals surface area contributed by atoms with Gasteiger partial charge in [0.15, 0.2) is 11.4 Å². The number of carbonyl (C=O) groups is 1. The molecule has 0 aliphatic rings. The van der Waals surface area contributed by atoms with Gasteiger partial charge in [-0.15, -0.1) is 13.2 Å². The summed E-state index contributed by atoms with van der Waals surface area (Å²) < 4.78 is 82.5. The number of alkyl halides is 7. The number of pyridine rings is 1. The second-order valence-electron chi connectivity index (χ2n) is 3.50. The monoisotopic (exact) mass is 381 g/mol. The molecule has 21 heavy (non-hydrogen) atoms. The molecule has 0 spiro atoms. The summed E-state index contributed by atoms with van der Waals surface area (Å²) in [5.41, 5.74) is -3.12. The van der Waals surface area contributed by atoms with Gasteiger partial charge in [0.25, 0.3) is 0 Å². The number of aromatic nitrogens is 1. The minimum atomic E-state index is -5.29. The molecule has 1 heterocycles. The molecule has 1 rings (SSSR count). The van der Waals surface area contributed by atoms with Crippen LogP contribution in [-0.2, 0) is 16.2 Å². The van der Waals surface area contributed by atoms with Crippen molar-refractivity contribution in [3.05, 3.63) is 23.0 Å². The molecule has 11 heteroatoms. The maximum absolute atomic E-state index is 12.7. The maximum Gasteiger partial charge on any atom is 0.573 e. The lowest BCUT2D eigenvalue weighted by molar-refractivity contribution is -0.275. The van der Waals surface area contributed by atoms with E-state index in [-0.39, 0.29) is 6.07 Å². The topological polar surface area (TPSA) is 48.4 Å². The molecule has 0 saturated carbocycles. The van der Waals surface area contributed by atoms with Crippen molar-refractivity contribution < 1.29 is 40.6 Å². The Hall–Kier alpha value is -1.52. The van der Waals surface area contributed by atoms with Crippen molar-refractivity contribution in [3.8, 4) is 5.75 Å². The number of carbonyl (C=O) groups excluding carboxylic acids is 1. The van der Waals surface area contributed by atoms with Gasteiger partial charge in [-0.3, -0.25) is 0 Å². The molecular weight excluding hydrogens is 376 g/mol. The molecule has 0 atom stereocenters. The van der Waals surface area contributed by atoms with E-state index in [1.165, 1.54) is 0 Å². The molecule has 1 aromatic rings. The van der Waals surface area contributed by atoms with E-state index in [9.17, 15) is 31.1 Å². The Bertz CT molecular complexity index is 543. The van der Waals surface area contributed by atoms with E-state index in [0.717, 1.165) is 7.11 Å². The number of hydrogen-bond donors (Lipinski definition) is 0. The zero-order chi connectivity index (χ0) is 16.4. The molecule has 0 fully saturated rings. The van der Waals surface area contributed by atoms with E-state index in [1.54, 1.807) is 0 Å². The maximum atomic E-state index is 12.7. The quantitative estimate of drug-likeness (QED) is 0.455. The van der Waals surface area contributed by atoms with E-state index in [2.05, 4.69) is 30.4 Å². The first-order valence-electron chi connectivity index (χ1n) is 5.00. The van der Waals surface area contributed by atoms with E-state index in [0.29, 0.717) is 0 Å². The lowest BCUT2D eigenvalue weighted by atomic mass is 10.1. The summed E-state index contributed by atoms with van der Waals surface area (Å²) >= 11 is 2.71. The van der Waals surface area contributed by atoms with Crippen molar-refractivity contribution in [1.29, 1.82) is 0 Å². The lowest BCUT2D eigenvalue weighted by Crippen LogP contribution is -2.22. The number of methoxy groups -OCH3 is 1. The zero-order valence-corrected chi connectivity index (χ0v) is 11.7. The third kappa shape index (κ3) is 4.48. The summed E-state index contributed by atoms with van der Waals surface area (Å²) in [4.78, 5) is 14.6. The summed E-state index contributed by atoms with van der Waals surface area (Å²) in [6.07, 6.45) is -10.3. The fraction of sp³-hybridized carbons (Fsp3) is 0.400. The molecular formula is C10H6BrF6NO3. The standard InChI is InChI=1S/C10H6BrF6NO3/c1-20-8(19)7-6(21-10(15,16)17)2-4(9(12,13)14)5(3-11)18-7/h2H,3H2,1H3. The van der Waals surface area contributed by atoms with Crippen LogP contribution in [0.4, 0.5) is 26.3 Å². The van der Waals surface area contributed by atoms with Crippen LogP contribution in [0.25, 0.3) is 0 Å². The van der Waals surface area contributed by atoms with Gasteiger partial charge >= 0.3 is 18.5 Å². The predicted octanol–water partition coefficient (Wildman–Crippen LogP) is 3.68. The van der Waals surface area contributed by atoms with Crippen LogP contribution in [0, 0.1) is 0 Å². The van der Waals surface area contributed by atoms with Crippen LogP contribution < -0.4 is 4.74 Å². The highest BCUT2D eigenvalue weighted by Gasteiger charge is 2.39. The van der Waals surface area contributed by atoms with Gasteiger partial charge in [-0.1, -0.05) is 15.9 Å². The van der Waals surface area contributed by atoms with Gasteiger partial charge in [-0.2, -0.15) is 13.2 Å². The number of hydrogen-bond acceptors (Lipinski definition) is 4. The van der Waals surface area contributed by atoms with Gasteiger partial charge in [0.05, 0.1) is 18.4 Å². The van der Waals surface area contributed by atoms with Gasteiger partial charge in [0.1, 0.15) is 0 Å². The number of ether oxygens (including phenoxy) is 2. The van der Waals surface area contributed by atoms with E-state index in [1.807, 2.05) is 0 Å². The number of nitrogens with zero attached hydrogens (tertiary/aromatic N) is 1. The first-order valence-corrected chi connectivity index (χ1v) is 6.13. The Morgan fingerprint density at radius 1 is 1.29 bits per heavy atom. The summed E-state index contributed by atoms with van der Waals surface area (Å²) in [6.45, 7) is 0. The number of rotatable bonds is 3. The Morgan fingerprint density at radius 3 is 2.24 bits per heavy atom. The average molecular weight is 382 g/mol. The molecule has 118 valence electrons. The lowest BCUT2D eigenvalue weighted by Gasteiger charge is -2.16. The van der Waals surface area contributed by atoms with E-state index < -0.39 is 46.5 Å². The van der Waals surface area contributed by atoms with Crippen LogP contribution in [0.15, 0.2) is 6.07 Å². The highest BCUT2D eigenvalue weighted by molar-refractivity contribution is 9.08. The van der Waals surface area contributed by atoms with Gasteiger partial charge in [-0.05, 0) is 6.07 Å². The molecule has 0 amide bonds. The van der Waals surface area contributed by atoms with Gasteiger partial charge < -0.3 is 9.47 Å². The van der Waals surface area contributed by atoms with Crippen molar-refractivity contribution in [2.45, 2.75) is 17.9 Å². The van der Waals surface area contributed by atoms with Crippen molar-refractivity contribution in [1.82, 2.24) is 4.98 Å². The Balaban J connectivity index is 3.53. The van der Waals surface area contributed by atoms with Gasteiger partial charge in [0.2, 0.25) is 0 Å². The minimum Gasteiger partial charge on any atom is -0.464 e. The highest BCUT2D eigenvalue weighted by atomic mass is 79.9. The molecule has 0 radical (unpaired) electrons. The van der Waals surface area contributed by atoms with E-state index in [4.69, 9.17) is 0 Å². The van der Waals surface area contributed by atoms with Gasteiger partial charge in [-0.25, -0.2) is 9.78 Å². The third-order valence-corrected chi connectivity index (χ3v) is 2.63. The van der Waals surface area contributed by atoms with Gasteiger partial charge in [0, 0.05) is 5.33 Å². The Labute approximate surface area is 122 Å². The fourth-order valence-electron chi connectivity index (χ4n) is 1.33. The molecule has 0 saturated heterocycles. The van der Waals surface area contributed by atoms with Crippen LogP contribution in [0.2, 0.25) is 0 Å². The van der Waals surface area contributed by atoms with Crippen molar-refractivity contribution in [3.63, 3.8) is 0 Å². The molecule has 1 aromatic heterocycles. The normalized spacial score (nSPS) is 12.2. The molecule has 4 nitrogen and oxygen atoms in total. The van der Waals surface area contributed by atoms with Crippen molar-refractivity contribution in [2.75, 3.05) is 7.11 Å². The smallest absolute Gasteiger partial charge is 0.464 e. The summed E-state index contributed by atoms with van der Waals surface area (Å²) in [5.74, 6) is -2.74.